The summed E-state index contributed by atoms with van der Waals surface area (Å²) < 4.78 is 20.5. The molecule has 32 heavy (non-hydrogen) atoms. The molecule has 3 aromatic rings. The molecule has 1 atom stereocenters. The number of carbonyl (C=O) groups is 2. The molecule has 0 N–H and O–H groups in total. The minimum atomic E-state index is -0.860. The van der Waals surface area contributed by atoms with Crippen LogP contribution in [0.25, 0.3) is 5.69 Å². The molecule has 1 fully saturated rings. The third-order valence-electron chi connectivity index (χ3n) is 5.89. The predicted octanol–water partition coefficient (Wildman–Crippen LogP) is 4.04. The van der Waals surface area contributed by atoms with E-state index in [0.29, 0.717) is 31.4 Å². The number of ether oxygens (including phenoxy) is 1. The highest BCUT2D eigenvalue weighted by atomic mass is 19.1. The Morgan fingerprint density at radius 1 is 1.16 bits per heavy atom. The molecule has 0 saturated carbocycles. The van der Waals surface area contributed by atoms with Crippen LogP contribution in [0.2, 0.25) is 0 Å². The van der Waals surface area contributed by atoms with Crippen LogP contribution < -0.4 is 0 Å². The van der Waals surface area contributed by atoms with Crippen LogP contribution in [0.1, 0.15) is 35.7 Å². The Hall–Kier alpha value is -3.48. The molecule has 1 aliphatic rings. The van der Waals surface area contributed by atoms with Crippen molar-refractivity contribution in [2.24, 2.45) is 5.41 Å². The van der Waals surface area contributed by atoms with E-state index in [4.69, 9.17) is 4.74 Å². The van der Waals surface area contributed by atoms with Crippen molar-refractivity contribution in [2.75, 3.05) is 19.7 Å². The number of esters is 1. The van der Waals surface area contributed by atoms with Gasteiger partial charge in [0.1, 0.15) is 5.82 Å². The number of rotatable bonds is 6. The second-order valence-electron chi connectivity index (χ2n) is 8.14. The fourth-order valence-corrected chi connectivity index (χ4v) is 4.35. The second kappa shape index (κ2) is 9.34. The average molecular weight is 435 g/mol. The molecule has 1 amide bonds. The van der Waals surface area contributed by atoms with E-state index in [1.165, 1.54) is 12.1 Å². The van der Waals surface area contributed by atoms with Crippen molar-refractivity contribution in [1.29, 1.82) is 0 Å². The second-order valence-corrected chi connectivity index (χ2v) is 8.14. The summed E-state index contributed by atoms with van der Waals surface area (Å²) in [5, 5.41) is 4.22. The van der Waals surface area contributed by atoms with Crippen LogP contribution in [0.4, 0.5) is 4.39 Å². The summed E-state index contributed by atoms with van der Waals surface area (Å²) in [7, 11) is 0. The number of carbonyl (C=O) groups excluding carboxylic acids is 2. The zero-order chi connectivity index (χ0) is 22.6. The van der Waals surface area contributed by atoms with Crippen molar-refractivity contribution < 1.29 is 18.7 Å². The number of aromatic nitrogens is 2. The Balaban J connectivity index is 1.60. The molecule has 2 heterocycles. The predicted molar refractivity (Wildman–Crippen MR) is 118 cm³/mol. The van der Waals surface area contributed by atoms with Gasteiger partial charge >= 0.3 is 5.97 Å². The van der Waals surface area contributed by atoms with Crippen molar-refractivity contribution in [2.45, 2.75) is 26.2 Å². The third kappa shape index (κ3) is 4.56. The van der Waals surface area contributed by atoms with Gasteiger partial charge in [-0.15, -0.1) is 0 Å². The van der Waals surface area contributed by atoms with Crippen molar-refractivity contribution in [3.05, 3.63) is 83.9 Å². The molecular formula is C25H26FN3O3. The monoisotopic (exact) mass is 435 g/mol. The van der Waals surface area contributed by atoms with Crippen LogP contribution in [-0.4, -0.2) is 46.3 Å². The Labute approximate surface area is 186 Å². The number of benzene rings is 2. The summed E-state index contributed by atoms with van der Waals surface area (Å²) in [4.78, 5) is 28.2. The van der Waals surface area contributed by atoms with Gasteiger partial charge < -0.3 is 9.64 Å². The molecule has 0 aliphatic carbocycles. The fraction of sp³-hybridized carbons (Fsp3) is 0.320. The van der Waals surface area contributed by atoms with Gasteiger partial charge in [-0.3, -0.25) is 9.59 Å². The number of hydrogen-bond donors (Lipinski definition) is 0. The summed E-state index contributed by atoms with van der Waals surface area (Å²) >= 11 is 0. The first-order valence-corrected chi connectivity index (χ1v) is 10.8. The maximum Gasteiger partial charge on any atom is 0.314 e. The molecule has 7 heteroatoms. The Morgan fingerprint density at radius 3 is 2.69 bits per heavy atom. The van der Waals surface area contributed by atoms with E-state index in [9.17, 15) is 14.0 Å². The van der Waals surface area contributed by atoms with Crippen molar-refractivity contribution in [1.82, 2.24) is 14.7 Å². The van der Waals surface area contributed by atoms with Gasteiger partial charge in [0.2, 0.25) is 0 Å². The molecule has 2 aromatic carbocycles. The number of amides is 1. The largest absolute Gasteiger partial charge is 0.466 e. The van der Waals surface area contributed by atoms with Gasteiger partial charge in [-0.05, 0) is 68.1 Å². The minimum Gasteiger partial charge on any atom is -0.466 e. The quantitative estimate of drug-likeness (QED) is 0.548. The summed E-state index contributed by atoms with van der Waals surface area (Å²) in [5.41, 5.74) is 1.32. The molecular weight excluding hydrogens is 409 g/mol. The highest BCUT2D eigenvalue weighted by molar-refractivity contribution is 5.95. The van der Waals surface area contributed by atoms with Crippen LogP contribution >= 0.6 is 0 Å². The number of likely N-dealkylation sites (tertiary alicyclic amines) is 1. The average Bonchev–Trinajstić information content (AvgIpc) is 3.36. The molecule has 0 spiro atoms. The highest BCUT2D eigenvalue weighted by Gasteiger charge is 2.45. The van der Waals surface area contributed by atoms with Crippen LogP contribution in [-0.2, 0) is 16.0 Å². The number of hydrogen-bond acceptors (Lipinski definition) is 4. The van der Waals surface area contributed by atoms with Gasteiger partial charge in [-0.25, -0.2) is 9.07 Å². The fourth-order valence-electron chi connectivity index (χ4n) is 4.35. The summed E-state index contributed by atoms with van der Waals surface area (Å²) in [6.45, 7) is 2.86. The molecule has 1 aliphatic heterocycles. The van der Waals surface area contributed by atoms with E-state index in [0.717, 1.165) is 11.3 Å². The number of piperidine rings is 1. The van der Waals surface area contributed by atoms with E-state index >= 15 is 0 Å². The molecule has 0 unspecified atom stereocenters. The topological polar surface area (TPSA) is 64.4 Å². The highest BCUT2D eigenvalue weighted by Crippen LogP contribution is 2.36. The Morgan fingerprint density at radius 2 is 1.97 bits per heavy atom. The van der Waals surface area contributed by atoms with E-state index in [-0.39, 0.29) is 30.8 Å². The zero-order valence-electron chi connectivity index (χ0n) is 18.0. The lowest BCUT2D eigenvalue weighted by Gasteiger charge is -2.41. The van der Waals surface area contributed by atoms with Crippen LogP contribution in [0.5, 0.6) is 0 Å². The van der Waals surface area contributed by atoms with Crippen molar-refractivity contribution in [3.63, 3.8) is 0 Å². The van der Waals surface area contributed by atoms with E-state index in [1.807, 2.05) is 24.4 Å². The van der Waals surface area contributed by atoms with Crippen LogP contribution in [0.15, 0.2) is 67.0 Å². The third-order valence-corrected chi connectivity index (χ3v) is 5.89. The van der Waals surface area contributed by atoms with Crippen molar-refractivity contribution in [3.8, 4) is 5.69 Å². The molecule has 0 bridgehead atoms. The van der Waals surface area contributed by atoms with E-state index in [2.05, 4.69) is 5.10 Å². The molecule has 0 radical (unpaired) electrons. The molecule has 1 saturated heterocycles. The number of nitrogens with zero attached hydrogens (tertiary/aromatic N) is 3. The van der Waals surface area contributed by atoms with Gasteiger partial charge in [-0.1, -0.05) is 18.2 Å². The maximum absolute atomic E-state index is 13.4. The zero-order valence-corrected chi connectivity index (χ0v) is 18.0. The smallest absolute Gasteiger partial charge is 0.314 e. The molecule has 4 rings (SSSR count). The summed E-state index contributed by atoms with van der Waals surface area (Å²) in [5.74, 6) is -0.768. The Kier molecular flexibility index (Phi) is 6.35. The van der Waals surface area contributed by atoms with Crippen LogP contribution in [0.3, 0.4) is 0 Å². The first-order chi connectivity index (χ1) is 15.5. The minimum absolute atomic E-state index is 0.133. The molecule has 6 nitrogen and oxygen atoms in total. The van der Waals surface area contributed by atoms with Crippen LogP contribution in [0, 0.1) is 11.2 Å². The lowest BCUT2D eigenvalue weighted by Crippen LogP contribution is -2.51. The van der Waals surface area contributed by atoms with Gasteiger partial charge in [0.25, 0.3) is 5.91 Å². The molecule has 1 aromatic heterocycles. The summed E-state index contributed by atoms with van der Waals surface area (Å²) in [6.07, 6.45) is 5.19. The standard InChI is InChI=1S/C25H26FN3O3/c1-2-32-24(31)25(17-19-8-10-21(26)11-9-19)12-4-14-28(18-25)23(30)20-6-3-7-22(16-20)29-15-5-13-27-29/h3,5-11,13,15-16H,2,4,12,14,17-18H2,1H3/t25-/m1/s1. The lowest BCUT2D eigenvalue weighted by atomic mass is 9.75. The lowest BCUT2D eigenvalue weighted by molar-refractivity contribution is -0.158. The normalized spacial score (nSPS) is 18.4. The van der Waals surface area contributed by atoms with Gasteiger partial charge in [0.05, 0.1) is 17.7 Å². The van der Waals surface area contributed by atoms with E-state index < -0.39 is 5.41 Å². The maximum atomic E-state index is 13.4. The summed E-state index contributed by atoms with van der Waals surface area (Å²) in [6, 6.07) is 15.3. The first-order valence-electron chi connectivity index (χ1n) is 10.8. The first kappa shape index (κ1) is 21.7. The van der Waals surface area contributed by atoms with Gasteiger partial charge in [0, 0.05) is 31.0 Å². The molecule has 166 valence electrons. The van der Waals surface area contributed by atoms with Gasteiger partial charge in [-0.2, -0.15) is 5.10 Å². The Bertz CT molecular complexity index is 1080. The SMILES string of the molecule is CCOC(=O)[C@@]1(Cc2ccc(F)cc2)CCCN(C(=O)c2cccc(-n3cccn3)c2)C1. The van der Waals surface area contributed by atoms with Crippen molar-refractivity contribution >= 4 is 11.9 Å². The number of halogens is 1. The van der Waals surface area contributed by atoms with Gasteiger partial charge in [0.15, 0.2) is 0 Å². The van der Waals surface area contributed by atoms with E-state index in [1.54, 1.807) is 47.0 Å².